The molecular formula is C36H36N2O5. The highest BCUT2D eigenvalue weighted by atomic mass is 16.6. The highest BCUT2D eigenvalue weighted by molar-refractivity contribution is 5.67. The van der Waals surface area contributed by atoms with E-state index in [1.165, 1.54) is 27.8 Å². The molecule has 0 saturated carbocycles. The van der Waals surface area contributed by atoms with Gasteiger partial charge in [-0.05, 0) is 116 Å². The molecular weight excluding hydrogens is 540 g/mol. The van der Waals surface area contributed by atoms with E-state index < -0.39 is 0 Å². The van der Waals surface area contributed by atoms with Crippen molar-refractivity contribution in [1.82, 2.24) is 10.2 Å². The molecule has 4 aromatic carbocycles. The quantitative estimate of drug-likeness (QED) is 0.241. The van der Waals surface area contributed by atoms with Gasteiger partial charge in [0.05, 0.1) is 14.2 Å². The largest absolute Gasteiger partial charge is 0.493 e. The van der Waals surface area contributed by atoms with Crippen LogP contribution in [0.2, 0.25) is 0 Å². The second kappa shape index (κ2) is 9.93. The van der Waals surface area contributed by atoms with Gasteiger partial charge in [-0.2, -0.15) is 0 Å². The molecule has 0 fully saturated rings. The van der Waals surface area contributed by atoms with Crippen LogP contribution < -0.4 is 29.0 Å². The molecule has 4 aromatic rings. The molecule has 220 valence electrons. The lowest BCUT2D eigenvalue weighted by Crippen LogP contribution is -2.47. The Balaban J connectivity index is 1.34. The fourth-order valence-electron chi connectivity index (χ4n) is 7.30. The zero-order valence-corrected chi connectivity index (χ0v) is 25.1. The number of nitrogens with zero attached hydrogens (tertiary/aromatic N) is 1. The monoisotopic (exact) mass is 576 g/mol. The molecule has 5 heterocycles. The lowest BCUT2D eigenvalue weighted by Gasteiger charge is -2.45. The third-order valence-electron chi connectivity index (χ3n) is 9.78. The molecule has 0 amide bonds. The SMILES string of the molecule is COc1ccc2cc1Oc1ccc(cc1)C[C@@H]1NCCc3cc(OC)c4c(c31)Oc1cc3c(cc1O4)CCN(C)[C@@]3(C)C2. The third kappa shape index (κ3) is 4.25. The number of fused-ring (bicyclic) bond motifs is 2. The van der Waals surface area contributed by atoms with Crippen LogP contribution >= 0.6 is 0 Å². The normalized spacial score (nSPS) is 21.6. The van der Waals surface area contributed by atoms with Gasteiger partial charge in [0, 0.05) is 23.7 Å². The number of likely N-dealkylation sites (N-methyl/N-ethyl adjacent to an activating group) is 1. The van der Waals surface area contributed by atoms with Crippen LogP contribution in [0.5, 0.6) is 46.0 Å². The number of benzene rings is 4. The molecule has 0 aliphatic carbocycles. The first-order chi connectivity index (χ1) is 20.9. The molecule has 0 saturated heterocycles. The number of hydrogen-bond donors (Lipinski definition) is 1. The van der Waals surface area contributed by atoms with Crippen molar-refractivity contribution >= 4 is 0 Å². The maximum Gasteiger partial charge on any atom is 0.212 e. The fraction of sp³-hybridized carbons (Fsp3) is 0.333. The van der Waals surface area contributed by atoms with Crippen molar-refractivity contribution in [2.45, 2.75) is 44.2 Å². The van der Waals surface area contributed by atoms with Crippen LogP contribution in [0.4, 0.5) is 0 Å². The zero-order chi connectivity index (χ0) is 29.3. The number of methoxy groups -OCH3 is 2. The Kier molecular flexibility index (Phi) is 6.10. The van der Waals surface area contributed by atoms with Crippen molar-refractivity contribution in [3.63, 3.8) is 0 Å². The van der Waals surface area contributed by atoms with Crippen LogP contribution in [0.15, 0.2) is 60.7 Å². The summed E-state index contributed by atoms with van der Waals surface area (Å²) in [5.74, 6) is 5.81. The highest BCUT2D eigenvalue weighted by Crippen LogP contribution is 2.56. The molecule has 2 atom stereocenters. The molecule has 5 aliphatic rings. The summed E-state index contributed by atoms with van der Waals surface area (Å²) >= 11 is 0. The molecule has 0 unspecified atom stereocenters. The first kappa shape index (κ1) is 26.4. The Morgan fingerprint density at radius 3 is 2.37 bits per heavy atom. The van der Waals surface area contributed by atoms with Crippen molar-refractivity contribution in [2.24, 2.45) is 0 Å². The minimum absolute atomic E-state index is 0.0602. The van der Waals surface area contributed by atoms with Crippen molar-refractivity contribution in [3.8, 4) is 46.0 Å². The van der Waals surface area contributed by atoms with E-state index in [-0.39, 0.29) is 11.6 Å². The van der Waals surface area contributed by atoms with E-state index >= 15 is 0 Å². The van der Waals surface area contributed by atoms with Gasteiger partial charge in [0.15, 0.2) is 34.5 Å². The van der Waals surface area contributed by atoms with Crippen LogP contribution in [-0.2, 0) is 31.2 Å². The van der Waals surface area contributed by atoms with E-state index in [9.17, 15) is 0 Å². The summed E-state index contributed by atoms with van der Waals surface area (Å²) in [6.07, 6.45) is 3.42. The van der Waals surface area contributed by atoms with E-state index in [4.69, 9.17) is 23.7 Å². The van der Waals surface area contributed by atoms with Gasteiger partial charge in [0.2, 0.25) is 5.75 Å². The summed E-state index contributed by atoms with van der Waals surface area (Å²) in [6, 6.07) is 21.2. The predicted molar refractivity (Wildman–Crippen MR) is 165 cm³/mol. The Labute approximate surface area is 252 Å². The van der Waals surface area contributed by atoms with E-state index in [1.807, 2.05) is 18.2 Å². The van der Waals surface area contributed by atoms with Gasteiger partial charge in [0.1, 0.15) is 5.75 Å². The molecule has 5 aliphatic heterocycles. The first-order valence-electron chi connectivity index (χ1n) is 15.1. The van der Waals surface area contributed by atoms with E-state index in [0.29, 0.717) is 23.0 Å². The number of nitrogens with one attached hydrogen (secondary N) is 1. The van der Waals surface area contributed by atoms with Crippen molar-refractivity contribution < 1.29 is 23.7 Å². The maximum atomic E-state index is 6.89. The fourth-order valence-corrected chi connectivity index (χ4v) is 7.30. The molecule has 7 heteroatoms. The maximum absolute atomic E-state index is 6.89. The lowest BCUT2D eigenvalue weighted by molar-refractivity contribution is 0.122. The standard InChI is InChI=1S/C36H36N2O5/c1-36-20-22-7-10-28(39-3)29(16-22)41-25-8-5-21(6-9-25)15-27-33-24(11-13-37-27)18-32(40-4)34-35(33)43-31-19-26(36)23(12-14-38(36)2)17-30(31)42-34/h5-10,16-19,27,37H,11-15,20H2,1-4H3/t27-,36-/m0/s1. The summed E-state index contributed by atoms with van der Waals surface area (Å²) in [7, 11) is 5.60. The minimum atomic E-state index is -0.275. The molecule has 43 heavy (non-hydrogen) atoms. The van der Waals surface area contributed by atoms with Crippen LogP contribution in [0.1, 0.15) is 46.3 Å². The Morgan fingerprint density at radius 1 is 0.791 bits per heavy atom. The summed E-state index contributed by atoms with van der Waals surface area (Å²) in [4.78, 5) is 2.45. The van der Waals surface area contributed by atoms with E-state index in [2.05, 4.69) is 66.7 Å². The smallest absolute Gasteiger partial charge is 0.212 e. The first-order valence-corrected chi connectivity index (χ1v) is 15.1. The summed E-state index contributed by atoms with van der Waals surface area (Å²) < 4.78 is 31.5. The Bertz CT molecular complexity index is 1750. The van der Waals surface area contributed by atoms with Gasteiger partial charge in [-0.1, -0.05) is 18.2 Å². The zero-order valence-electron chi connectivity index (χ0n) is 25.1. The Hall–Kier alpha value is -4.20. The summed E-state index contributed by atoms with van der Waals surface area (Å²) in [5, 5.41) is 3.75. The molecule has 0 radical (unpaired) electrons. The molecule has 0 aromatic heterocycles. The van der Waals surface area contributed by atoms with Crippen molar-refractivity contribution in [1.29, 1.82) is 0 Å². The summed E-state index contributed by atoms with van der Waals surface area (Å²) in [6.45, 7) is 4.14. The van der Waals surface area contributed by atoms with Crippen LogP contribution in [0.3, 0.4) is 0 Å². The lowest BCUT2D eigenvalue weighted by atomic mass is 9.78. The highest BCUT2D eigenvalue weighted by Gasteiger charge is 2.40. The average Bonchev–Trinajstić information content (AvgIpc) is 3.02. The average molecular weight is 577 g/mol. The van der Waals surface area contributed by atoms with Gasteiger partial charge in [-0.15, -0.1) is 0 Å². The van der Waals surface area contributed by atoms with E-state index in [0.717, 1.165) is 67.3 Å². The van der Waals surface area contributed by atoms with Gasteiger partial charge < -0.3 is 29.0 Å². The second-order valence-electron chi connectivity index (χ2n) is 12.3. The Morgan fingerprint density at radius 2 is 1.56 bits per heavy atom. The molecule has 0 spiro atoms. The number of ether oxygens (including phenoxy) is 5. The third-order valence-corrected chi connectivity index (χ3v) is 9.78. The number of hydrogen-bond acceptors (Lipinski definition) is 7. The van der Waals surface area contributed by atoms with Crippen molar-refractivity contribution in [2.75, 3.05) is 34.4 Å². The van der Waals surface area contributed by atoms with E-state index in [1.54, 1.807) is 14.2 Å². The van der Waals surface area contributed by atoms with Gasteiger partial charge in [-0.25, -0.2) is 0 Å². The topological polar surface area (TPSA) is 61.4 Å². The van der Waals surface area contributed by atoms with Crippen molar-refractivity contribution in [3.05, 3.63) is 94.0 Å². The molecule has 1 N–H and O–H groups in total. The molecule has 7 bridgehead atoms. The second-order valence-corrected chi connectivity index (χ2v) is 12.3. The molecule has 9 rings (SSSR count). The summed E-state index contributed by atoms with van der Waals surface area (Å²) in [5.41, 5.74) is 7.01. The van der Waals surface area contributed by atoms with Gasteiger partial charge in [0.25, 0.3) is 0 Å². The predicted octanol–water partition coefficient (Wildman–Crippen LogP) is 7.08. The van der Waals surface area contributed by atoms with Crippen LogP contribution in [0, 0.1) is 0 Å². The number of rotatable bonds is 2. The minimum Gasteiger partial charge on any atom is -0.493 e. The van der Waals surface area contributed by atoms with Gasteiger partial charge in [-0.3, -0.25) is 4.90 Å². The van der Waals surface area contributed by atoms with Crippen LogP contribution in [-0.4, -0.2) is 39.3 Å². The van der Waals surface area contributed by atoms with Crippen LogP contribution in [0.25, 0.3) is 0 Å². The van der Waals surface area contributed by atoms with Gasteiger partial charge >= 0.3 is 0 Å². The molecule has 7 nitrogen and oxygen atoms in total.